The van der Waals surface area contributed by atoms with Crippen LogP contribution in [0.3, 0.4) is 0 Å². The van der Waals surface area contributed by atoms with Crippen LogP contribution in [0.15, 0.2) is 72.8 Å². The summed E-state index contributed by atoms with van der Waals surface area (Å²) in [6.07, 6.45) is 0. The van der Waals surface area contributed by atoms with Gasteiger partial charge in [0.25, 0.3) is 0 Å². The molecule has 4 aromatic carbocycles. The van der Waals surface area contributed by atoms with Crippen LogP contribution in [0.1, 0.15) is 43.0 Å². The zero-order valence-corrected chi connectivity index (χ0v) is 22.9. The van der Waals surface area contributed by atoms with E-state index >= 15 is 0 Å². The number of benzene rings is 4. The molecule has 2 N–H and O–H groups in total. The fourth-order valence-electron chi connectivity index (χ4n) is 5.92. The molecule has 0 bridgehead atoms. The number of hydrogen-bond acceptors (Lipinski definition) is 8. The Morgan fingerprint density at radius 3 is 1.40 bits per heavy atom. The number of hydrogen-bond donors (Lipinski definition) is 2. The molecule has 2 aliphatic rings. The van der Waals surface area contributed by atoms with E-state index in [-0.39, 0.29) is 11.6 Å². The summed E-state index contributed by atoms with van der Waals surface area (Å²) in [5, 5.41) is 9.04. The number of ketones is 2. The van der Waals surface area contributed by atoms with Crippen molar-refractivity contribution in [2.24, 2.45) is 0 Å². The first-order valence-electron chi connectivity index (χ1n) is 13.2. The summed E-state index contributed by atoms with van der Waals surface area (Å²) in [7, 11) is 0. The van der Waals surface area contributed by atoms with Crippen molar-refractivity contribution in [2.45, 2.75) is 13.1 Å². The van der Waals surface area contributed by atoms with Crippen LogP contribution in [0.25, 0.3) is 42.7 Å². The van der Waals surface area contributed by atoms with Gasteiger partial charge in [0.15, 0.2) is 11.6 Å². The third kappa shape index (κ3) is 3.47. The fourth-order valence-corrected chi connectivity index (χ4v) is 7.77. The topological polar surface area (TPSA) is 84.0 Å². The summed E-state index contributed by atoms with van der Waals surface area (Å²) in [5.41, 5.74) is 8.96. The molecule has 0 atom stereocenters. The number of fused-ring (bicyclic) bond motifs is 4. The van der Waals surface area contributed by atoms with Gasteiger partial charge in [-0.2, -0.15) is 8.75 Å². The minimum Gasteiger partial charge on any atom is -0.311 e. The van der Waals surface area contributed by atoms with Crippen molar-refractivity contribution in [2.75, 3.05) is 13.1 Å². The van der Waals surface area contributed by atoms with Crippen LogP contribution >= 0.6 is 23.1 Å². The predicted molar refractivity (Wildman–Crippen MR) is 160 cm³/mol. The largest absolute Gasteiger partial charge is 0.311 e. The van der Waals surface area contributed by atoms with Crippen LogP contribution in [-0.2, 0) is 13.1 Å². The van der Waals surface area contributed by atoms with E-state index in [4.69, 9.17) is 8.75 Å². The van der Waals surface area contributed by atoms with Gasteiger partial charge in [-0.05, 0) is 46.3 Å². The SMILES string of the molecule is O=C1c2ccccc2-c2nsc3c(CNCCNCc4ccc5c6c(nsc46)-c4ccccc4C5=O)ccc1c23. The Bertz CT molecular complexity index is 1880. The van der Waals surface area contributed by atoms with Crippen molar-refractivity contribution in [3.63, 3.8) is 0 Å². The Labute approximate surface area is 238 Å². The summed E-state index contributed by atoms with van der Waals surface area (Å²) in [4.78, 5) is 26.2. The van der Waals surface area contributed by atoms with Crippen molar-refractivity contribution in [3.05, 3.63) is 106 Å². The molecule has 8 heteroatoms. The van der Waals surface area contributed by atoms with Gasteiger partial charge in [-0.1, -0.05) is 60.7 Å². The van der Waals surface area contributed by atoms with Gasteiger partial charge in [0, 0.05) is 70.3 Å². The molecule has 6 aromatic rings. The first-order chi connectivity index (χ1) is 19.7. The summed E-state index contributed by atoms with van der Waals surface area (Å²) in [5.74, 6) is 0.151. The molecular weight excluding hydrogens is 537 g/mol. The minimum absolute atomic E-state index is 0.0757. The maximum Gasteiger partial charge on any atom is 0.194 e. The Kier molecular flexibility index (Phi) is 5.50. The second-order valence-electron chi connectivity index (χ2n) is 10.1. The predicted octanol–water partition coefficient (Wildman–Crippen LogP) is 6.21. The lowest BCUT2D eigenvalue weighted by molar-refractivity contribution is 0.103. The lowest BCUT2D eigenvalue weighted by Crippen LogP contribution is -2.27. The van der Waals surface area contributed by atoms with E-state index in [1.54, 1.807) is 0 Å². The molecule has 0 unspecified atom stereocenters. The fraction of sp³-hybridized carbons (Fsp3) is 0.125. The molecule has 0 amide bonds. The Morgan fingerprint density at radius 1 is 0.525 bits per heavy atom. The first-order valence-corrected chi connectivity index (χ1v) is 14.8. The van der Waals surface area contributed by atoms with E-state index in [1.807, 2.05) is 60.7 Å². The Balaban J connectivity index is 0.946. The van der Waals surface area contributed by atoms with Crippen molar-refractivity contribution in [1.29, 1.82) is 0 Å². The molecule has 2 aromatic heterocycles. The van der Waals surface area contributed by atoms with Crippen LogP contribution in [0.2, 0.25) is 0 Å². The van der Waals surface area contributed by atoms with Crippen LogP contribution in [0, 0.1) is 0 Å². The first kappa shape index (κ1) is 23.8. The molecule has 0 radical (unpaired) electrons. The molecular formula is C32H22N4O2S2. The van der Waals surface area contributed by atoms with Crippen LogP contribution in [-0.4, -0.2) is 33.4 Å². The lowest BCUT2D eigenvalue weighted by Gasteiger charge is -2.16. The number of nitrogens with zero attached hydrogens (tertiary/aromatic N) is 2. The second-order valence-corrected chi connectivity index (χ2v) is 11.7. The number of nitrogens with one attached hydrogen (secondary N) is 2. The smallest absolute Gasteiger partial charge is 0.194 e. The lowest BCUT2D eigenvalue weighted by atomic mass is 9.87. The van der Waals surface area contributed by atoms with Crippen LogP contribution in [0.5, 0.6) is 0 Å². The van der Waals surface area contributed by atoms with Crippen molar-refractivity contribution in [3.8, 4) is 22.5 Å². The molecule has 40 heavy (non-hydrogen) atoms. The average molecular weight is 559 g/mol. The Hall–Kier alpha value is -4.08. The number of carbonyl (C=O) groups excluding carboxylic acids is 2. The number of rotatable bonds is 7. The Morgan fingerprint density at radius 2 is 0.950 bits per heavy atom. The van der Waals surface area contributed by atoms with E-state index in [1.165, 1.54) is 23.1 Å². The van der Waals surface area contributed by atoms with E-state index in [9.17, 15) is 9.59 Å². The summed E-state index contributed by atoms with van der Waals surface area (Å²) < 4.78 is 11.6. The zero-order valence-electron chi connectivity index (χ0n) is 21.3. The quantitative estimate of drug-likeness (QED) is 0.226. The van der Waals surface area contributed by atoms with Gasteiger partial charge in [-0.25, -0.2) is 0 Å². The maximum absolute atomic E-state index is 13.1. The number of carbonyl (C=O) groups is 2. The molecule has 194 valence electrons. The molecule has 8 rings (SSSR count). The summed E-state index contributed by atoms with van der Waals surface area (Å²) >= 11 is 2.94. The van der Waals surface area contributed by atoms with Crippen molar-refractivity contribution in [1.82, 2.24) is 19.4 Å². The molecule has 0 spiro atoms. The van der Waals surface area contributed by atoms with E-state index in [0.29, 0.717) is 13.1 Å². The zero-order chi connectivity index (χ0) is 26.8. The van der Waals surface area contributed by atoms with Gasteiger partial charge in [-0.15, -0.1) is 0 Å². The second kappa shape index (κ2) is 9.25. The molecule has 0 aliphatic heterocycles. The van der Waals surface area contributed by atoms with Gasteiger partial charge in [0.1, 0.15) is 0 Å². The highest BCUT2D eigenvalue weighted by Crippen LogP contribution is 2.43. The van der Waals surface area contributed by atoms with Crippen LogP contribution in [0.4, 0.5) is 0 Å². The van der Waals surface area contributed by atoms with Gasteiger partial charge in [0.2, 0.25) is 0 Å². The number of aromatic nitrogens is 2. The molecule has 6 nitrogen and oxygen atoms in total. The van der Waals surface area contributed by atoms with Gasteiger partial charge in [-0.3, -0.25) is 9.59 Å². The molecule has 0 fully saturated rings. The summed E-state index contributed by atoms with van der Waals surface area (Å²) in [6.45, 7) is 2.98. The van der Waals surface area contributed by atoms with E-state index < -0.39 is 0 Å². The van der Waals surface area contributed by atoms with Crippen molar-refractivity contribution >= 4 is 54.8 Å². The highest BCUT2D eigenvalue weighted by atomic mass is 32.1. The maximum atomic E-state index is 13.1. The van der Waals surface area contributed by atoms with Gasteiger partial charge >= 0.3 is 0 Å². The third-order valence-corrected chi connectivity index (χ3v) is 9.71. The van der Waals surface area contributed by atoms with Crippen molar-refractivity contribution < 1.29 is 9.59 Å². The molecule has 0 saturated carbocycles. The third-order valence-electron chi connectivity index (χ3n) is 7.86. The monoisotopic (exact) mass is 558 g/mol. The van der Waals surface area contributed by atoms with Gasteiger partial charge in [0.05, 0.1) is 20.8 Å². The highest BCUT2D eigenvalue weighted by Gasteiger charge is 2.29. The van der Waals surface area contributed by atoms with E-state index in [2.05, 4.69) is 22.8 Å². The highest BCUT2D eigenvalue weighted by molar-refractivity contribution is 7.14. The molecule has 0 saturated heterocycles. The minimum atomic E-state index is 0.0757. The van der Waals surface area contributed by atoms with Gasteiger partial charge < -0.3 is 10.6 Å². The normalized spacial score (nSPS) is 13.2. The van der Waals surface area contributed by atoms with Crippen LogP contribution < -0.4 is 10.6 Å². The summed E-state index contributed by atoms with van der Waals surface area (Å²) in [6, 6.07) is 23.5. The molecule has 2 heterocycles. The standard InChI is InChI=1S/C32H22N4O2S2/c37-29-21-7-3-1-5-19(21)27-25-23(29)11-9-17(31(25)39-35-27)15-33-13-14-34-16-18-10-12-24-26-28(36-40-32(18)26)20-6-2-4-8-22(20)30(24)38/h1-12,33-34H,13-16H2. The van der Waals surface area contributed by atoms with E-state index in [0.717, 1.165) is 89.2 Å². The average Bonchev–Trinajstić information content (AvgIpc) is 3.64. The molecule has 2 aliphatic carbocycles.